The molecule has 9 heteroatoms. The van der Waals surface area contributed by atoms with Crippen LogP contribution in [0, 0.1) is 0 Å². The van der Waals surface area contributed by atoms with Crippen molar-refractivity contribution in [2.45, 2.75) is 6.54 Å². The molecular weight excluding hydrogens is 288 g/mol. The van der Waals surface area contributed by atoms with Gasteiger partial charge in [-0.1, -0.05) is 12.1 Å². The zero-order valence-electron chi connectivity index (χ0n) is 10.3. The number of benzene rings is 1. The number of rotatable bonds is 5. The topological polar surface area (TPSA) is 113 Å². The van der Waals surface area contributed by atoms with Crippen molar-refractivity contribution in [3.8, 4) is 5.75 Å². The van der Waals surface area contributed by atoms with E-state index in [0.717, 1.165) is 4.31 Å². The Morgan fingerprint density at radius 1 is 1.35 bits per heavy atom. The highest BCUT2D eigenvalue weighted by atomic mass is 32.2. The smallest absolute Gasteiger partial charge is 0.341 e. The molecule has 0 radical (unpaired) electrons. The third kappa shape index (κ3) is 3.45. The highest BCUT2D eigenvalue weighted by molar-refractivity contribution is 7.88. The summed E-state index contributed by atoms with van der Waals surface area (Å²) in [6, 6.07) is 6.29. The lowest BCUT2D eigenvalue weighted by Crippen LogP contribution is -2.29. The third-order valence-electron chi connectivity index (χ3n) is 2.55. The summed E-state index contributed by atoms with van der Waals surface area (Å²) in [4.78, 5) is 21.4. The average Bonchev–Trinajstić information content (AvgIpc) is 2.61. The minimum Gasteiger partial charge on any atom is -0.482 e. The van der Waals surface area contributed by atoms with Crippen molar-refractivity contribution in [2.75, 3.05) is 13.2 Å². The van der Waals surface area contributed by atoms with Gasteiger partial charge in [0.25, 0.3) is 0 Å². The molecule has 20 heavy (non-hydrogen) atoms. The number of carboxylic acids is 1. The second kappa shape index (κ2) is 5.47. The maximum Gasteiger partial charge on any atom is 0.341 e. The van der Waals surface area contributed by atoms with Crippen molar-refractivity contribution in [3.63, 3.8) is 0 Å². The molecule has 0 saturated carbocycles. The molecule has 2 N–H and O–H groups in total. The zero-order valence-corrected chi connectivity index (χ0v) is 11.1. The van der Waals surface area contributed by atoms with Gasteiger partial charge in [0.05, 0.1) is 6.54 Å². The molecule has 0 aliphatic carbocycles. The summed E-state index contributed by atoms with van der Waals surface area (Å²) >= 11 is 0. The standard InChI is InChI=1S/C11H12N2O6S/c14-10-6-13(20(17,18)12-10)5-8-1-3-9(4-2-8)19-7-11(15)16/h1-4H,5-7H2,(H,12,14)(H,15,16). The van der Waals surface area contributed by atoms with Gasteiger partial charge >= 0.3 is 16.2 Å². The van der Waals surface area contributed by atoms with Gasteiger partial charge in [-0.15, -0.1) is 0 Å². The Labute approximate surface area is 115 Å². The summed E-state index contributed by atoms with van der Waals surface area (Å²) in [5.41, 5.74) is 0.660. The number of amides is 1. The fourth-order valence-electron chi connectivity index (χ4n) is 1.67. The Kier molecular flexibility index (Phi) is 3.91. The van der Waals surface area contributed by atoms with Crippen LogP contribution in [0.25, 0.3) is 0 Å². The summed E-state index contributed by atoms with van der Waals surface area (Å²) in [5, 5.41) is 8.46. The number of ether oxygens (including phenoxy) is 1. The Bertz CT molecular complexity index is 625. The first-order valence-electron chi connectivity index (χ1n) is 5.61. The number of hydrogen-bond acceptors (Lipinski definition) is 5. The molecule has 1 aromatic carbocycles. The summed E-state index contributed by atoms with van der Waals surface area (Å²) < 4.78 is 30.9. The molecular formula is C11H12N2O6S. The number of aliphatic carboxylic acids is 1. The molecule has 108 valence electrons. The molecule has 1 fully saturated rings. The SMILES string of the molecule is O=C(O)COc1ccc(CN2CC(=O)NS2(=O)=O)cc1. The third-order valence-corrected chi connectivity index (χ3v) is 3.97. The van der Waals surface area contributed by atoms with Gasteiger partial charge in [-0.3, -0.25) is 4.79 Å². The number of carbonyl (C=O) groups excluding carboxylic acids is 1. The predicted molar refractivity (Wildman–Crippen MR) is 67.0 cm³/mol. The summed E-state index contributed by atoms with van der Waals surface area (Å²) in [7, 11) is -3.74. The van der Waals surface area contributed by atoms with E-state index in [2.05, 4.69) is 0 Å². The molecule has 1 aromatic rings. The monoisotopic (exact) mass is 300 g/mol. The zero-order chi connectivity index (χ0) is 14.8. The minimum absolute atomic E-state index is 0.0558. The molecule has 1 aliphatic heterocycles. The molecule has 1 heterocycles. The first-order valence-corrected chi connectivity index (χ1v) is 7.05. The van der Waals surface area contributed by atoms with E-state index in [1.807, 2.05) is 4.72 Å². The Balaban J connectivity index is 2.01. The van der Waals surface area contributed by atoms with Gasteiger partial charge in [0.15, 0.2) is 6.61 Å². The quantitative estimate of drug-likeness (QED) is 0.745. The fourth-order valence-corrected chi connectivity index (χ4v) is 2.75. The minimum atomic E-state index is -3.74. The van der Waals surface area contributed by atoms with Crippen LogP contribution in [-0.4, -0.2) is 42.9 Å². The largest absolute Gasteiger partial charge is 0.482 e. The first-order chi connectivity index (χ1) is 9.37. The van der Waals surface area contributed by atoms with E-state index in [1.54, 1.807) is 12.1 Å². The Morgan fingerprint density at radius 2 is 2.00 bits per heavy atom. The average molecular weight is 300 g/mol. The van der Waals surface area contributed by atoms with Gasteiger partial charge in [-0.05, 0) is 17.7 Å². The van der Waals surface area contributed by atoms with Crippen LogP contribution in [0.4, 0.5) is 0 Å². The van der Waals surface area contributed by atoms with Crippen LogP contribution < -0.4 is 9.46 Å². The molecule has 0 unspecified atom stereocenters. The molecule has 2 rings (SSSR count). The second-order valence-corrected chi connectivity index (χ2v) is 5.80. The molecule has 0 atom stereocenters. The van der Waals surface area contributed by atoms with Gasteiger partial charge < -0.3 is 9.84 Å². The van der Waals surface area contributed by atoms with Crippen molar-refractivity contribution in [3.05, 3.63) is 29.8 Å². The summed E-state index contributed by atoms with van der Waals surface area (Å²) in [6.07, 6.45) is 0. The van der Waals surface area contributed by atoms with Gasteiger partial charge in [0, 0.05) is 6.54 Å². The lowest BCUT2D eigenvalue weighted by atomic mass is 10.2. The van der Waals surface area contributed by atoms with Crippen LogP contribution in [0.2, 0.25) is 0 Å². The number of carbonyl (C=O) groups is 2. The number of carboxylic acid groups (broad SMARTS) is 1. The molecule has 1 amide bonds. The van der Waals surface area contributed by atoms with Gasteiger partial charge in [-0.2, -0.15) is 12.7 Å². The summed E-state index contributed by atoms with van der Waals surface area (Å²) in [6.45, 7) is -0.599. The van der Waals surface area contributed by atoms with Crippen molar-refractivity contribution in [1.29, 1.82) is 0 Å². The van der Waals surface area contributed by atoms with Crippen LogP contribution >= 0.6 is 0 Å². The van der Waals surface area contributed by atoms with Gasteiger partial charge in [0.2, 0.25) is 5.91 Å². The second-order valence-electron chi connectivity index (χ2n) is 4.12. The van der Waals surface area contributed by atoms with Crippen LogP contribution in [0.3, 0.4) is 0 Å². The number of nitrogens with zero attached hydrogens (tertiary/aromatic N) is 1. The van der Waals surface area contributed by atoms with Crippen LogP contribution in [-0.2, 0) is 26.3 Å². The molecule has 0 bridgehead atoms. The van der Waals surface area contributed by atoms with E-state index in [1.165, 1.54) is 12.1 Å². The van der Waals surface area contributed by atoms with Crippen molar-refractivity contribution in [1.82, 2.24) is 9.03 Å². The summed E-state index contributed by atoms with van der Waals surface area (Å²) in [5.74, 6) is -1.28. The Hall–Kier alpha value is -2.13. The van der Waals surface area contributed by atoms with E-state index in [4.69, 9.17) is 9.84 Å². The normalized spacial score (nSPS) is 17.7. The van der Waals surface area contributed by atoms with E-state index in [9.17, 15) is 18.0 Å². The van der Waals surface area contributed by atoms with Crippen molar-refractivity contribution >= 4 is 22.1 Å². The number of nitrogens with one attached hydrogen (secondary N) is 1. The van der Waals surface area contributed by atoms with E-state index < -0.39 is 28.7 Å². The maximum absolute atomic E-state index is 11.5. The Morgan fingerprint density at radius 3 is 2.50 bits per heavy atom. The maximum atomic E-state index is 11.5. The van der Waals surface area contributed by atoms with Gasteiger partial charge in [0.1, 0.15) is 5.75 Å². The van der Waals surface area contributed by atoms with Crippen molar-refractivity contribution < 1.29 is 27.9 Å². The fraction of sp³-hybridized carbons (Fsp3) is 0.273. The molecule has 0 aromatic heterocycles. The lowest BCUT2D eigenvalue weighted by molar-refractivity contribution is -0.139. The number of hydrogen-bond donors (Lipinski definition) is 2. The van der Waals surface area contributed by atoms with Crippen LogP contribution in [0.1, 0.15) is 5.56 Å². The predicted octanol–water partition coefficient (Wildman–Crippen LogP) is -0.673. The first kappa shape index (κ1) is 14.3. The highest BCUT2D eigenvalue weighted by Crippen LogP contribution is 2.16. The van der Waals surface area contributed by atoms with Crippen molar-refractivity contribution in [2.24, 2.45) is 0 Å². The van der Waals surface area contributed by atoms with E-state index in [0.29, 0.717) is 11.3 Å². The van der Waals surface area contributed by atoms with Crippen LogP contribution in [0.15, 0.2) is 24.3 Å². The molecule has 1 aliphatic rings. The van der Waals surface area contributed by atoms with Gasteiger partial charge in [-0.25, -0.2) is 9.52 Å². The molecule has 8 nitrogen and oxygen atoms in total. The van der Waals surface area contributed by atoms with E-state index in [-0.39, 0.29) is 13.1 Å². The molecule has 1 saturated heterocycles. The lowest BCUT2D eigenvalue weighted by Gasteiger charge is -2.12. The van der Waals surface area contributed by atoms with E-state index >= 15 is 0 Å². The highest BCUT2D eigenvalue weighted by Gasteiger charge is 2.33. The molecule has 0 spiro atoms. The van der Waals surface area contributed by atoms with Crippen LogP contribution in [0.5, 0.6) is 5.75 Å².